The highest BCUT2D eigenvalue weighted by atomic mass is 16.3. The van der Waals surface area contributed by atoms with Crippen LogP contribution in [0.2, 0.25) is 0 Å². The van der Waals surface area contributed by atoms with Gasteiger partial charge < -0.3 is 5.11 Å². The zero-order valence-corrected chi connectivity index (χ0v) is 11.1. The molecule has 3 nitrogen and oxygen atoms in total. The fourth-order valence-electron chi connectivity index (χ4n) is 3.54. The second kappa shape index (κ2) is 5.07. The van der Waals surface area contributed by atoms with Crippen molar-refractivity contribution in [1.82, 2.24) is 4.90 Å². The lowest BCUT2D eigenvalue weighted by Crippen LogP contribution is -2.55. The van der Waals surface area contributed by atoms with Gasteiger partial charge in [-0.15, -0.1) is 0 Å². The summed E-state index contributed by atoms with van der Waals surface area (Å²) in [6.07, 6.45) is 6.09. The van der Waals surface area contributed by atoms with Crippen molar-refractivity contribution in [2.45, 2.75) is 64.0 Å². The number of carbonyl (C=O) groups is 1. The number of hydrogen-bond acceptors (Lipinski definition) is 3. The molecule has 98 valence electrons. The summed E-state index contributed by atoms with van der Waals surface area (Å²) in [5.74, 6) is 0.696. The first-order valence-corrected chi connectivity index (χ1v) is 6.97. The van der Waals surface area contributed by atoms with Crippen molar-refractivity contribution >= 4 is 5.78 Å². The van der Waals surface area contributed by atoms with Crippen LogP contribution in [0, 0.1) is 5.92 Å². The highest BCUT2D eigenvalue weighted by molar-refractivity contribution is 5.76. The standard InChI is InChI=1S/C14H25NO2/c1-11(9-12(2)16)15-8-7-14(17)6-4-3-5-13(14)10-15/h11,13,17H,3-10H2,1-2H3. The number of carbonyl (C=O) groups excluding carboxylic acids is 1. The summed E-state index contributed by atoms with van der Waals surface area (Å²) >= 11 is 0. The predicted octanol–water partition coefficient (Wildman–Crippen LogP) is 1.98. The number of nitrogens with zero attached hydrogens (tertiary/aromatic N) is 1. The minimum absolute atomic E-state index is 0.266. The Hall–Kier alpha value is -0.410. The molecule has 1 saturated heterocycles. The van der Waals surface area contributed by atoms with E-state index in [2.05, 4.69) is 11.8 Å². The van der Waals surface area contributed by atoms with Gasteiger partial charge in [-0.05, 0) is 33.1 Å². The molecule has 1 aliphatic heterocycles. The third-order valence-electron chi connectivity index (χ3n) is 4.67. The Kier molecular flexibility index (Phi) is 3.88. The van der Waals surface area contributed by atoms with Crippen molar-refractivity contribution in [3.8, 4) is 0 Å². The summed E-state index contributed by atoms with van der Waals surface area (Å²) in [4.78, 5) is 13.6. The molecule has 17 heavy (non-hydrogen) atoms. The van der Waals surface area contributed by atoms with Gasteiger partial charge in [0.1, 0.15) is 5.78 Å². The Labute approximate surface area is 104 Å². The molecule has 0 aromatic heterocycles. The molecular weight excluding hydrogens is 214 g/mol. The lowest BCUT2D eigenvalue weighted by atomic mass is 9.71. The first kappa shape index (κ1) is 13.0. The number of aliphatic hydroxyl groups is 1. The van der Waals surface area contributed by atoms with E-state index in [9.17, 15) is 9.90 Å². The zero-order chi connectivity index (χ0) is 12.5. The second-order valence-corrected chi connectivity index (χ2v) is 6.05. The van der Waals surface area contributed by atoms with Crippen LogP contribution in [-0.2, 0) is 4.79 Å². The van der Waals surface area contributed by atoms with Crippen molar-refractivity contribution in [3.05, 3.63) is 0 Å². The van der Waals surface area contributed by atoms with Crippen LogP contribution in [-0.4, -0.2) is 40.5 Å². The van der Waals surface area contributed by atoms with Crippen molar-refractivity contribution in [1.29, 1.82) is 0 Å². The van der Waals surface area contributed by atoms with Crippen LogP contribution in [0.25, 0.3) is 0 Å². The van der Waals surface area contributed by atoms with Crippen molar-refractivity contribution in [3.63, 3.8) is 0 Å². The van der Waals surface area contributed by atoms with Gasteiger partial charge in [-0.3, -0.25) is 9.69 Å². The number of fused-ring (bicyclic) bond motifs is 1. The normalized spacial score (nSPS) is 36.3. The fraction of sp³-hybridized carbons (Fsp3) is 0.929. The molecule has 0 spiro atoms. The molecule has 0 aromatic rings. The van der Waals surface area contributed by atoms with Gasteiger partial charge >= 0.3 is 0 Å². The SMILES string of the molecule is CC(=O)CC(C)N1CCC2(O)CCCCC2C1. The lowest BCUT2D eigenvalue weighted by Gasteiger charge is -2.49. The van der Waals surface area contributed by atoms with E-state index in [0.29, 0.717) is 18.4 Å². The minimum Gasteiger partial charge on any atom is -0.390 e. The van der Waals surface area contributed by atoms with E-state index >= 15 is 0 Å². The number of piperidine rings is 1. The maximum atomic E-state index is 11.2. The Morgan fingerprint density at radius 1 is 1.47 bits per heavy atom. The maximum absolute atomic E-state index is 11.2. The van der Waals surface area contributed by atoms with E-state index in [1.165, 1.54) is 12.8 Å². The molecule has 2 aliphatic rings. The summed E-state index contributed by atoms with van der Waals surface area (Å²) in [6, 6.07) is 0.332. The lowest BCUT2D eigenvalue weighted by molar-refractivity contribution is -0.120. The Morgan fingerprint density at radius 3 is 2.94 bits per heavy atom. The molecule has 1 saturated carbocycles. The van der Waals surface area contributed by atoms with E-state index in [-0.39, 0.29) is 5.78 Å². The highest BCUT2D eigenvalue weighted by Crippen LogP contribution is 2.40. The molecule has 1 N–H and O–H groups in total. The van der Waals surface area contributed by atoms with Crippen LogP contribution >= 0.6 is 0 Å². The molecule has 3 atom stereocenters. The molecule has 0 bridgehead atoms. The van der Waals surface area contributed by atoms with E-state index in [1.807, 2.05) is 0 Å². The van der Waals surface area contributed by atoms with Crippen LogP contribution in [0.3, 0.4) is 0 Å². The summed E-state index contributed by atoms with van der Waals surface area (Å²) < 4.78 is 0. The first-order chi connectivity index (χ1) is 8.01. The van der Waals surface area contributed by atoms with Gasteiger partial charge in [0.15, 0.2) is 0 Å². The average Bonchev–Trinajstić information content (AvgIpc) is 2.26. The van der Waals surface area contributed by atoms with Gasteiger partial charge in [0.25, 0.3) is 0 Å². The second-order valence-electron chi connectivity index (χ2n) is 6.05. The quantitative estimate of drug-likeness (QED) is 0.818. The molecule has 0 aromatic carbocycles. The third-order valence-corrected chi connectivity index (χ3v) is 4.67. The number of rotatable bonds is 3. The van der Waals surface area contributed by atoms with E-state index in [1.54, 1.807) is 6.92 Å². The van der Waals surface area contributed by atoms with Gasteiger partial charge in [-0.25, -0.2) is 0 Å². The van der Waals surface area contributed by atoms with Gasteiger partial charge in [0.2, 0.25) is 0 Å². The summed E-state index contributed by atoms with van der Waals surface area (Å²) in [5.41, 5.74) is -0.398. The van der Waals surface area contributed by atoms with Gasteiger partial charge in [-0.2, -0.15) is 0 Å². The minimum atomic E-state index is -0.398. The molecule has 1 aliphatic carbocycles. The van der Waals surface area contributed by atoms with Gasteiger partial charge in [0.05, 0.1) is 5.60 Å². The van der Waals surface area contributed by atoms with Crippen LogP contribution < -0.4 is 0 Å². The van der Waals surface area contributed by atoms with Crippen LogP contribution in [0.15, 0.2) is 0 Å². The number of Topliss-reactive ketones (excluding diaryl/α,β-unsaturated/α-hetero) is 1. The smallest absolute Gasteiger partial charge is 0.131 e. The van der Waals surface area contributed by atoms with E-state index < -0.39 is 5.60 Å². The molecule has 3 heteroatoms. The number of likely N-dealkylation sites (tertiary alicyclic amines) is 1. The monoisotopic (exact) mass is 239 g/mol. The molecule has 0 radical (unpaired) electrons. The van der Waals surface area contributed by atoms with Crippen molar-refractivity contribution < 1.29 is 9.90 Å². The van der Waals surface area contributed by atoms with E-state index in [0.717, 1.165) is 32.4 Å². The molecule has 0 amide bonds. The topological polar surface area (TPSA) is 40.5 Å². The highest BCUT2D eigenvalue weighted by Gasteiger charge is 2.43. The largest absolute Gasteiger partial charge is 0.390 e. The average molecular weight is 239 g/mol. The maximum Gasteiger partial charge on any atom is 0.131 e. The Morgan fingerprint density at radius 2 is 2.24 bits per heavy atom. The van der Waals surface area contributed by atoms with Crippen molar-refractivity contribution in [2.75, 3.05) is 13.1 Å². The Balaban J connectivity index is 1.94. The van der Waals surface area contributed by atoms with Crippen LogP contribution in [0.5, 0.6) is 0 Å². The van der Waals surface area contributed by atoms with Gasteiger partial charge in [-0.1, -0.05) is 12.8 Å². The van der Waals surface area contributed by atoms with Crippen LogP contribution in [0.4, 0.5) is 0 Å². The zero-order valence-electron chi connectivity index (χ0n) is 11.1. The van der Waals surface area contributed by atoms with Gasteiger partial charge in [0, 0.05) is 31.5 Å². The number of ketones is 1. The van der Waals surface area contributed by atoms with Crippen molar-refractivity contribution in [2.24, 2.45) is 5.92 Å². The summed E-state index contributed by atoms with van der Waals surface area (Å²) in [6.45, 7) is 5.72. The Bertz CT molecular complexity index is 292. The summed E-state index contributed by atoms with van der Waals surface area (Å²) in [7, 11) is 0. The molecular formula is C14H25NO2. The first-order valence-electron chi connectivity index (χ1n) is 6.97. The molecule has 2 fully saturated rings. The molecule has 3 unspecified atom stereocenters. The third kappa shape index (κ3) is 2.89. The van der Waals surface area contributed by atoms with E-state index in [4.69, 9.17) is 0 Å². The van der Waals surface area contributed by atoms with Crippen LogP contribution in [0.1, 0.15) is 52.4 Å². The predicted molar refractivity (Wildman–Crippen MR) is 67.9 cm³/mol. The fourth-order valence-corrected chi connectivity index (χ4v) is 3.54. The number of hydrogen-bond donors (Lipinski definition) is 1. The summed E-state index contributed by atoms with van der Waals surface area (Å²) in [5, 5.41) is 10.6. The molecule has 1 heterocycles. The molecule has 2 rings (SSSR count).